The first kappa shape index (κ1) is 54.2. The quantitative estimate of drug-likeness (QED) is 0.0279. The third-order valence-electron chi connectivity index (χ3n) is 16.4. The molecule has 0 amide bonds. The molecule has 0 bridgehead atoms. The molecule has 0 saturated heterocycles. The highest BCUT2D eigenvalue weighted by atomic mass is 32.1. The van der Waals surface area contributed by atoms with Crippen molar-refractivity contribution in [2.24, 2.45) is 0 Å². The third kappa shape index (κ3) is 11.7. The highest BCUT2D eigenvalue weighted by Gasteiger charge is 2.43. The Morgan fingerprint density at radius 3 is 1.07 bits per heavy atom. The molecule has 75 heavy (non-hydrogen) atoms. The number of hydrogen-bond donors (Lipinski definition) is 0. The summed E-state index contributed by atoms with van der Waals surface area (Å²) in [6, 6.07) is 33.6. The molecule has 6 heteroatoms. The normalized spacial score (nSPS) is 14.2. The number of allylic oxidation sites excluding steroid dienone is 2. The second-order valence-corrected chi connectivity index (χ2v) is 24.0. The Hall–Kier alpha value is -5.56. The van der Waals surface area contributed by atoms with E-state index < -0.39 is 0 Å². The van der Waals surface area contributed by atoms with Gasteiger partial charge in [-0.25, -0.2) is 0 Å². The number of ketones is 4. The van der Waals surface area contributed by atoms with Crippen molar-refractivity contribution in [3.8, 4) is 32.0 Å². The topological polar surface area (TPSA) is 68.3 Å². The van der Waals surface area contributed by atoms with Crippen molar-refractivity contribution in [1.82, 2.24) is 0 Å². The molecule has 6 aromatic rings. The molecule has 2 heterocycles. The number of rotatable bonds is 28. The average Bonchev–Trinajstić information content (AvgIpc) is 4.24. The van der Waals surface area contributed by atoms with E-state index >= 15 is 0 Å². The van der Waals surface area contributed by atoms with Crippen LogP contribution >= 0.6 is 22.7 Å². The minimum Gasteiger partial charge on any atom is -0.288 e. The number of fused-ring (bicyclic) bond motifs is 5. The van der Waals surface area contributed by atoms with Crippen molar-refractivity contribution < 1.29 is 19.2 Å². The molecule has 4 nitrogen and oxygen atoms in total. The van der Waals surface area contributed by atoms with Crippen molar-refractivity contribution in [2.45, 2.75) is 187 Å². The lowest BCUT2D eigenvalue weighted by Crippen LogP contribution is -2.25. The molecule has 0 N–H and O–H groups in total. The molecule has 0 saturated carbocycles. The first-order valence-electron chi connectivity index (χ1n) is 29.1. The standard InChI is InChI=1S/C69H78O4S2/c1-5-9-13-17-19-27-39-69(40-28-20-18-14-10-6-2)61-43-49(67-47(29-21-15-11-7-3)41-51(74-67)45-59-63(70)55-31-23-24-32-56(55)64(59)71)35-37-53(61)54-38-36-50(44-62(54)69)68-48(30-22-16-12-8-4)42-52(75-68)46-60-65(72)57-33-25-26-34-58(57)66(60)73/h23-26,31-38,41-46H,5-22,27-30,39-40H2,1-4H3. The summed E-state index contributed by atoms with van der Waals surface area (Å²) in [4.78, 5) is 59.1. The van der Waals surface area contributed by atoms with Gasteiger partial charge in [-0.3, -0.25) is 19.2 Å². The number of unbranched alkanes of at least 4 members (excludes halogenated alkanes) is 16. The molecule has 0 radical (unpaired) electrons. The van der Waals surface area contributed by atoms with E-state index in [0.717, 1.165) is 48.3 Å². The van der Waals surface area contributed by atoms with E-state index in [1.165, 1.54) is 170 Å². The van der Waals surface area contributed by atoms with Gasteiger partial charge in [0.2, 0.25) is 0 Å². The summed E-state index contributed by atoms with van der Waals surface area (Å²) in [5.41, 5.74) is 13.0. The van der Waals surface area contributed by atoms with Crippen LogP contribution in [-0.4, -0.2) is 23.1 Å². The zero-order valence-electron chi connectivity index (χ0n) is 45.3. The van der Waals surface area contributed by atoms with E-state index in [4.69, 9.17) is 0 Å². The van der Waals surface area contributed by atoms with Crippen LogP contribution in [0.2, 0.25) is 0 Å². The Morgan fingerprint density at radius 1 is 0.373 bits per heavy atom. The molecular weight excluding hydrogens is 957 g/mol. The molecule has 0 unspecified atom stereocenters. The van der Waals surface area contributed by atoms with Crippen LogP contribution in [0.5, 0.6) is 0 Å². The van der Waals surface area contributed by atoms with Gasteiger partial charge in [0, 0.05) is 47.2 Å². The minimum atomic E-state index is -0.179. The Balaban J connectivity index is 1.15. The Morgan fingerprint density at radius 2 is 0.707 bits per heavy atom. The molecular formula is C69H78O4S2. The Kier molecular flexibility index (Phi) is 18.5. The average molecular weight is 1040 g/mol. The summed E-state index contributed by atoms with van der Waals surface area (Å²) in [6.45, 7) is 9.11. The summed E-state index contributed by atoms with van der Waals surface area (Å²) in [6.07, 6.45) is 32.0. The van der Waals surface area contributed by atoms with Gasteiger partial charge in [-0.05, 0) is 119 Å². The third-order valence-corrected chi connectivity index (χ3v) is 18.8. The van der Waals surface area contributed by atoms with Gasteiger partial charge >= 0.3 is 0 Å². The van der Waals surface area contributed by atoms with Crippen LogP contribution in [0.4, 0.5) is 0 Å². The molecule has 390 valence electrons. The molecule has 0 atom stereocenters. The highest BCUT2D eigenvalue weighted by molar-refractivity contribution is 7.17. The Labute approximate surface area is 456 Å². The largest absolute Gasteiger partial charge is 0.288 e. The van der Waals surface area contributed by atoms with E-state index in [9.17, 15) is 19.2 Å². The smallest absolute Gasteiger partial charge is 0.197 e. The molecule has 0 aliphatic heterocycles. The van der Waals surface area contributed by atoms with Crippen LogP contribution in [0.1, 0.15) is 242 Å². The van der Waals surface area contributed by atoms with E-state index in [-0.39, 0.29) is 39.7 Å². The number of carbonyl (C=O) groups excluding carboxylic acids is 4. The van der Waals surface area contributed by atoms with Gasteiger partial charge in [0.25, 0.3) is 0 Å². The van der Waals surface area contributed by atoms with Crippen molar-refractivity contribution in [1.29, 1.82) is 0 Å². The Bertz CT molecular complexity index is 2810. The molecule has 3 aliphatic rings. The lowest BCUT2D eigenvalue weighted by Gasteiger charge is -2.33. The van der Waals surface area contributed by atoms with E-state index in [0.29, 0.717) is 22.3 Å². The zero-order chi connectivity index (χ0) is 52.3. The van der Waals surface area contributed by atoms with Crippen molar-refractivity contribution in [2.75, 3.05) is 0 Å². The van der Waals surface area contributed by atoms with E-state index in [1.54, 1.807) is 46.9 Å². The summed E-state index contributed by atoms with van der Waals surface area (Å²) in [5.74, 6) is -0.710. The van der Waals surface area contributed by atoms with E-state index in [2.05, 4.69) is 76.2 Å². The van der Waals surface area contributed by atoms with Gasteiger partial charge in [0.15, 0.2) is 23.1 Å². The van der Waals surface area contributed by atoms with Crippen LogP contribution in [0.25, 0.3) is 44.2 Å². The van der Waals surface area contributed by atoms with Gasteiger partial charge in [-0.2, -0.15) is 0 Å². The highest BCUT2D eigenvalue weighted by Crippen LogP contribution is 2.57. The lowest BCUT2D eigenvalue weighted by atomic mass is 9.70. The maximum atomic E-state index is 13.7. The van der Waals surface area contributed by atoms with Crippen LogP contribution in [0.15, 0.2) is 108 Å². The SMILES string of the molecule is CCCCCCCCC1(CCCCCCCC)c2cc(-c3sc(C=C4C(=O)c5ccccc5C4=O)cc3CCCCCC)ccc2-c2ccc(-c3sc(C=C4C(=O)c5ccccc5C4=O)cc3CCCCCC)cc21. The summed E-state index contributed by atoms with van der Waals surface area (Å²) < 4.78 is 0. The van der Waals surface area contributed by atoms with Gasteiger partial charge in [0.05, 0.1) is 11.1 Å². The van der Waals surface area contributed by atoms with Crippen molar-refractivity contribution in [3.05, 3.63) is 162 Å². The fraction of sp³-hybridized carbons (Fsp3) is 0.420. The molecule has 0 fully saturated rings. The monoisotopic (exact) mass is 1030 g/mol. The molecule has 0 spiro atoms. The number of benzene rings is 4. The fourth-order valence-electron chi connectivity index (χ4n) is 12.3. The second kappa shape index (κ2) is 25.5. The number of aryl methyl sites for hydroxylation is 2. The maximum Gasteiger partial charge on any atom is 0.197 e. The van der Waals surface area contributed by atoms with Gasteiger partial charge < -0.3 is 0 Å². The minimum absolute atomic E-state index is 0.178. The number of Topliss-reactive ketones (excluding diaryl/α,β-unsaturated/α-hetero) is 4. The summed E-state index contributed by atoms with van der Waals surface area (Å²) >= 11 is 3.46. The molecule has 3 aliphatic carbocycles. The zero-order valence-corrected chi connectivity index (χ0v) is 46.9. The molecule has 9 rings (SSSR count). The first-order chi connectivity index (χ1) is 36.7. The second-order valence-electron chi connectivity index (χ2n) is 21.8. The predicted molar refractivity (Wildman–Crippen MR) is 317 cm³/mol. The van der Waals surface area contributed by atoms with Crippen molar-refractivity contribution in [3.63, 3.8) is 0 Å². The van der Waals surface area contributed by atoms with Crippen LogP contribution < -0.4 is 0 Å². The van der Waals surface area contributed by atoms with Crippen LogP contribution in [0, 0.1) is 0 Å². The molecule has 4 aromatic carbocycles. The van der Waals surface area contributed by atoms with Crippen LogP contribution in [0.3, 0.4) is 0 Å². The van der Waals surface area contributed by atoms with E-state index in [1.807, 2.05) is 36.4 Å². The number of thiophene rings is 2. The lowest BCUT2D eigenvalue weighted by molar-refractivity contribution is 0.0975. The fourth-order valence-corrected chi connectivity index (χ4v) is 14.6. The van der Waals surface area contributed by atoms with Crippen molar-refractivity contribution >= 4 is 58.0 Å². The van der Waals surface area contributed by atoms with Gasteiger partial charge in [0.1, 0.15) is 0 Å². The summed E-state index contributed by atoms with van der Waals surface area (Å²) in [7, 11) is 0. The molecule has 2 aromatic heterocycles. The summed E-state index contributed by atoms with van der Waals surface area (Å²) in [5, 5.41) is 0. The number of carbonyl (C=O) groups is 4. The maximum absolute atomic E-state index is 13.7. The van der Waals surface area contributed by atoms with Crippen LogP contribution in [-0.2, 0) is 18.3 Å². The first-order valence-corrected chi connectivity index (χ1v) is 30.7. The predicted octanol–water partition coefficient (Wildman–Crippen LogP) is 20.1. The number of hydrogen-bond acceptors (Lipinski definition) is 6. The van der Waals surface area contributed by atoms with Gasteiger partial charge in [-0.15, -0.1) is 22.7 Å². The van der Waals surface area contributed by atoms with Gasteiger partial charge in [-0.1, -0.05) is 216 Å².